The number of halogens is 1. The van der Waals surface area contributed by atoms with Gasteiger partial charge in [-0.3, -0.25) is 4.79 Å². The van der Waals surface area contributed by atoms with Crippen LogP contribution in [0.15, 0.2) is 30.3 Å². The third-order valence-corrected chi connectivity index (χ3v) is 6.31. The van der Waals surface area contributed by atoms with Crippen molar-refractivity contribution in [3.05, 3.63) is 40.9 Å². The van der Waals surface area contributed by atoms with E-state index in [-0.39, 0.29) is 33.0 Å². The third-order valence-electron chi connectivity index (χ3n) is 4.78. The van der Waals surface area contributed by atoms with Crippen LogP contribution in [0.4, 0.5) is 0 Å². The third kappa shape index (κ3) is 11.4. The Hall–Kier alpha value is -1.49. The van der Waals surface area contributed by atoms with Crippen molar-refractivity contribution >= 4 is 49.9 Å². The first-order chi connectivity index (χ1) is 17.5. The average molecular weight is 551 g/mol. The van der Waals surface area contributed by atoms with Gasteiger partial charge in [0.1, 0.15) is 42.8 Å². The summed E-state index contributed by atoms with van der Waals surface area (Å²) in [6, 6.07) is 8.62. The van der Waals surface area contributed by atoms with Gasteiger partial charge in [-0.15, -0.1) is 0 Å². The van der Waals surface area contributed by atoms with E-state index >= 15 is 0 Å². The van der Waals surface area contributed by atoms with Crippen LogP contribution in [0.25, 0.3) is 0 Å². The van der Waals surface area contributed by atoms with Gasteiger partial charge in [0.25, 0.3) is 0 Å². The Morgan fingerprint density at radius 2 is 1.30 bits per heavy atom. The molecule has 0 N–H and O–H groups in total. The first kappa shape index (κ1) is 33.5. The van der Waals surface area contributed by atoms with Crippen LogP contribution in [-0.2, 0) is 14.2 Å². The SMILES string of the molecule is CCOCCOc1cc(OCCOCC)c(PC(=O)c2c(Cl)cccc2OC)c(OCCOCC)c1.[LiH]. The number of carbonyl (C=O) groups excluding carboxylic acids is 1. The van der Waals surface area contributed by atoms with E-state index in [1.807, 2.05) is 20.8 Å². The summed E-state index contributed by atoms with van der Waals surface area (Å²) in [6.07, 6.45) is 0. The summed E-state index contributed by atoms with van der Waals surface area (Å²) in [7, 11) is 1.16. The second-order valence-corrected chi connectivity index (χ2v) is 8.81. The van der Waals surface area contributed by atoms with Crippen LogP contribution in [-0.4, -0.2) is 91.0 Å². The fraction of sp³-hybridized carbons (Fsp3) is 0.500. The number of hydrogen-bond acceptors (Lipinski definition) is 8. The molecule has 1 unspecified atom stereocenters. The van der Waals surface area contributed by atoms with Crippen molar-refractivity contribution in [1.82, 2.24) is 0 Å². The molecule has 0 amide bonds. The van der Waals surface area contributed by atoms with E-state index in [1.165, 1.54) is 7.11 Å². The van der Waals surface area contributed by atoms with Crippen LogP contribution >= 0.6 is 20.2 Å². The summed E-state index contributed by atoms with van der Waals surface area (Å²) < 4.78 is 39.5. The molecular formula is C26H37ClLiO8P. The molecule has 0 saturated carbocycles. The van der Waals surface area contributed by atoms with Gasteiger partial charge in [-0.1, -0.05) is 17.7 Å². The van der Waals surface area contributed by atoms with Crippen LogP contribution in [0, 0.1) is 0 Å². The number of ether oxygens (including phenoxy) is 7. The Labute approximate surface area is 238 Å². The number of methoxy groups -OCH3 is 1. The van der Waals surface area contributed by atoms with E-state index in [9.17, 15) is 4.79 Å². The second-order valence-electron chi connectivity index (χ2n) is 7.20. The summed E-state index contributed by atoms with van der Waals surface area (Å²) >= 11 is 6.37. The Morgan fingerprint density at radius 3 is 1.78 bits per heavy atom. The fourth-order valence-electron chi connectivity index (χ4n) is 3.14. The Bertz CT molecular complexity index is 914. The monoisotopic (exact) mass is 550 g/mol. The average Bonchev–Trinajstić information content (AvgIpc) is 2.88. The van der Waals surface area contributed by atoms with E-state index in [1.54, 1.807) is 30.3 Å². The summed E-state index contributed by atoms with van der Waals surface area (Å²) in [4.78, 5) is 13.4. The molecule has 0 heterocycles. The molecule has 0 bridgehead atoms. The normalized spacial score (nSPS) is 10.8. The van der Waals surface area contributed by atoms with Crippen molar-refractivity contribution in [2.45, 2.75) is 20.8 Å². The second kappa shape index (κ2) is 19.6. The van der Waals surface area contributed by atoms with Crippen LogP contribution < -0.4 is 24.3 Å². The minimum absolute atomic E-state index is 0. The van der Waals surface area contributed by atoms with Crippen LogP contribution in [0.5, 0.6) is 23.0 Å². The topological polar surface area (TPSA) is 81.7 Å². The van der Waals surface area contributed by atoms with Gasteiger partial charge in [-0.2, -0.15) is 0 Å². The Morgan fingerprint density at radius 1 is 0.784 bits per heavy atom. The summed E-state index contributed by atoms with van der Waals surface area (Å²) in [5.41, 5.74) is 0.115. The van der Waals surface area contributed by atoms with Gasteiger partial charge in [0.2, 0.25) is 0 Å². The number of rotatable bonds is 19. The van der Waals surface area contributed by atoms with E-state index in [0.717, 1.165) is 0 Å². The van der Waals surface area contributed by atoms with E-state index in [4.69, 9.17) is 44.8 Å². The number of carbonyl (C=O) groups is 1. The molecule has 0 aromatic heterocycles. The summed E-state index contributed by atoms with van der Waals surface area (Å²) in [5.74, 6) is 1.91. The van der Waals surface area contributed by atoms with Crippen LogP contribution in [0.1, 0.15) is 31.1 Å². The predicted molar refractivity (Wildman–Crippen MR) is 150 cm³/mol. The molecular weight excluding hydrogens is 514 g/mol. The molecule has 1 atom stereocenters. The van der Waals surface area contributed by atoms with Crippen molar-refractivity contribution in [3.63, 3.8) is 0 Å². The molecule has 0 aliphatic rings. The summed E-state index contributed by atoms with van der Waals surface area (Å²) in [6.45, 7) is 9.75. The standard InChI is InChI=1S/C26H36ClO8P.Li.H/c1-5-30-11-14-33-19-17-22(34-15-12-31-6-2)25(23(18-19)35-16-13-32-7-3)36-26(28)24-20(27)9-8-10-21(24)29-4;;/h8-10,17-18,36H,5-7,11-16H2,1-4H3;;. The first-order valence-electron chi connectivity index (χ1n) is 12.0. The van der Waals surface area contributed by atoms with Gasteiger partial charge in [-0.25, -0.2) is 0 Å². The van der Waals surface area contributed by atoms with Crippen molar-refractivity contribution in [1.29, 1.82) is 0 Å². The van der Waals surface area contributed by atoms with E-state index < -0.39 is 0 Å². The molecule has 202 valence electrons. The van der Waals surface area contributed by atoms with Crippen molar-refractivity contribution in [3.8, 4) is 23.0 Å². The molecule has 0 fully saturated rings. The fourth-order valence-corrected chi connectivity index (χ4v) is 4.62. The molecule has 2 rings (SSSR count). The van der Waals surface area contributed by atoms with Crippen molar-refractivity contribution < 1.29 is 38.0 Å². The zero-order valence-electron chi connectivity index (χ0n) is 21.4. The molecule has 0 aliphatic heterocycles. The van der Waals surface area contributed by atoms with Gasteiger partial charge in [-0.05, 0) is 41.5 Å². The zero-order valence-corrected chi connectivity index (χ0v) is 23.2. The van der Waals surface area contributed by atoms with Gasteiger partial charge in [0.15, 0.2) is 5.52 Å². The maximum atomic E-state index is 13.4. The zero-order chi connectivity index (χ0) is 26.2. The molecule has 2 aromatic rings. The quantitative estimate of drug-likeness (QED) is 0.147. The molecule has 0 radical (unpaired) electrons. The Kier molecular flexibility index (Phi) is 17.7. The number of benzene rings is 2. The molecule has 0 saturated heterocycles. The Balaban J connectivity index is 0.00000684. The van der Waals surface area contributed by atoms with Gasteiger partial charge in [0, 0.05) is 32.0 Å². The van der Waals surface area contributed by atoms with Crippen molar-refractivity contribution in [2.75, 3.05) is 66.6 Å². The molecule has 0 spiro atoms. The van der Waals surface area contributed by atoms with Crippen LogP contribution in [0.2, 0.25) is 5.02 Å². The van der Waals surface area contributed by atoms with E-state index in [0.29, 0.717) is 98.4 Å². The van der Waals surface area contributed by atoms with Crippen molar-refractivity contribution in [2.24, 2.45) is 0 Å². The van der Waals surface area contributed by atoms with Gasteiger partial charge in [0.05, 0.1) is 42.8 Å². The predicted octanol–water partition coefficient (Wildman–Crippen LogP) is 4.09. The van der Waals surface area contributed by atoms with Gasteiger partial charge >= 0.3 is 18.9 Å². The van der Waals surface area contributed by atoms with Gasteiger partial charge < -0.3 is 33.2 Å². The summed E-state index contributed by atoms with van der Waals surface area (Å²) in [5, 5.41) is 0.924. The molecule has 2 aromatic carbocycles. The molecule has 37 heavy (non-hydrogen) atoms. The van der Waals surface area contributed by atoms with Crippen LogP contribution in [0.3, 0.4) is 0 Å². The molecule has 8 nitrogen and oxygen atoms in total. The first-order valence-corrected chi connectivity index (χ1v) is 13.4. The molecule has 11 heteroatoms. The number of hydrogen-bond donors (Lipinski definition) is 0. The van der Waals surface area contributed by atoms with E-state index in [2.05, 4.69) is 0 Å². The minimum atomic E-state index is -0.343. The molecule has 0 aliphatic carbocycles. The maximum absolute atomic E-state index is 13.4.